The summed E-state index contributed by atoms with van der Waals surface area (Å²) in [4.78, 5) is 28.4. The van der Waals surface area contributed by atoms with Crippen LogP contribution < -0.4 is 0 Å². The summed E-state index contributed by atoms with van der Waals surface area (Å²) in [7, 11) is 0. The van der Waals surface area contributed by atoms with Gasteiger partial charge in [0.25, 0.3) is 0 Å². The zero-order valence-electron chi connectivity index (χ0n) is 6.96. The molecule has 0 aromatic rings. The van der Waals surface area contributed by atoms with E-state index in [9.17, 15) is 22.8 Å². The predicted octanol–water partition coefficient (Wildman–Crippen LogP) is 0.683. The minimum atomic E-state index is -5.08. The molecule has 0 saturated heterocycles. The molecule has 0 aliphatic heterocycles. The Balaban J connectivity index is 0. The topological polar surface area (TPSA) is 91.7 Å². The van der Waals surface area contributed by atoms with Crippen molar-refractivity contribution in [3.05, 3.63) is 0 Å². The van der Waals surface area contributed by atoms with Crippen LogP contribution in [-0.2, 0) is 14.4 Å². The van der Waals surface area contributed by atoms with Crippen molar-refractivity contribution >= 4 is 17.7 Å². The summed E-state index contributed by atoms with van der Waals surface area (Å²) in [5.41, 5.74) is 0. The van der Waals surface area contributed by atoms with Gasteiger partial charge < -0.3 is 10.2 Å². The molecule has 14 heavy (non-hydrogen) atoms. The monoisotopic (exact) mass is 216 g/mol. The van der Waals surface area contributed by atoms with Crippen LogP contribution in [0.4, 0.5) is 13.2 Å². The Bertz CT molecular complexity index is 220. The number of rotatable bonds is 2. The summed E-state index contributed by atoms with van der Waals surface area (Å²) in [6.45, 7) is 1.24. The van der Waals surface area contributed by atoms with Crippen molar-refractivity contribution in [3.8, 4) is 0 Å². The van der Waals surface area contributed by atoms with Gasteiger partial charge in [-0.25, -0.2) is 4.79 Å². The van der Waals surface area contributed by atoms with Crippen molar-refractivity contribution in [2.75, 3.05) is 0 Å². The van der Waals surface area contributed by atoms with Crippen LogP contribution in [0.25, 0.3) is 0 Å². The Morgan fingerprint density at radius 3 is 1.43 bits per heavy atom. The number of aliphatic carboxylic acids is 2. The molecule has 0 rings (SSSR count). The van der Waals surface area contributed by atoms with Crippen LogP contribution in [0.5, 0.6) is 0 Å². The highest BCUT2D eigenvalue weighted by Gasteiger charge is 2.38. The van der Waals surface area contributed by atoms with E-state index in [1.54, 1.807) is 0 Å². The maximum absolute atomic E-state index is 10.6. The molecule has 0 unspecified atom stereocenters. The minimum absolute atomic E-state index is 0.312. The number of carbonyl (C=O) groups excluding carboxylic acids is 1. The highest BCUT2D eigenvalue weighted by molar-refractivity contribution is 5.93. The van der Waals surface area contributed by atoms with E-state index >= 15 is 0 Å². The lowest BCUT2D eigenvalue weighted by atomic mass is 10.3. The minimum Gasteiger partial charge on any atom is -0.481 e. The molecular weight excluding hydrogens is 209 g/mol. The Kier molecular flexibility index (Phi) is 6.33. The van der Waals surface area contributed by atoms with Gasteiger partial charge in [0.05, 0.1) is 0 Å². The Morgan fingerprint density at radius 1 is 1.14 bits per heavy atom. The van der Waals surface area contributed by atoms with Gasteiger partial charge in [0.1, 0.15) is 12.2 Å². The summed E-state index contributed by atoms with van der Waals surface area (Å²) in [5, 5.41) is 15.0. The smallest absolute Gasteiger partial charge is 0.481 e. The van der Waals surface area contributed by atoms with Crippen LogP contribution in [0.1, 0.15) is 13.3 Å². The molecule has 0 radical (unpaired) electrons. The van der Waals surface area contributed by atoms with Crippen molar-refractivity contribution < 1.29 is 37.8 Å². The van der Waals surface area contributed by atoms with Gasteiger partial charge in [0.2, 0.25) is 0 Å². The number of hydrogen-bond acceptors (Lipinski definition) is 3. The van der Waals surface area contributed by atoms with Crippen LogP contribution in [0.3, 0.4) is 0 Å². The first-order chi connectivity index (χ1) is 6.07. The van der Waals surface area contributed by atoms with Crippen LogP contribution >= 0.6 is 0 Å². The number of Topliss-reactive ketones (excluding diaryl/α,β-unsaturated/α-hetero) is 1. The lowest BCUT2D eigenvalue weighted by Gasteiger charge is -1.93. The van der Waals surface area contributed by atoms with E-state index in [0.717, 1.165) is 0 Å². The largest absolute Gasteiger partial charge is 0.490 e. The van der Waals surface area contributed by atoms with E-state index in [2.05, 4.69) is 0 Å². The Hall–Kier alpha value is -1.60. The Labute approximate surface area is 76.1 Å². The molecule has 0 spiro atoms. The predicted molar refractivity (Wildman–Crippen MR) is 36.6 cm³/mol. The third-order valence-corrected chi connectivity index (χ3v) is 0.643. The molecule has 0 aromatic heterocycles. The average molecular weight is 216 g/mol. The number of carboxylic acids is 2. The summed E-state index contributed by atoms with van der Waals surface area (Å²) < 4.78 is 31.7. The summed E-state index contributed by atoms with van der Waals surface area (Å²) in [6.07, 6.45) is -5.44. The SMILES string of the molecule is CC(=O)CC(=O)O.O=C(O)C(F)(F)F. The third-order valence-electron chi connectivity index (χ3n) is 0.643. The van der Waals surface area contributed by atoms with Gasteiger partial charge in [0.15, 0.2) is 0 Å². The number of ketones is 1. The third kappa shape index (κ3) is 13.0. The molecule has 0 atom stereocenters. The summed E-state index contributed by atoms with van der Waals surface area (Å²) >= 11 is 0. The molecule has 8 heteroatoms. The first-order valence-electron chi connectivity index (χ1n) is 3.08. The van der Waals surface area contributed by atoms with Gasteiger partial charge in [-0.1, -0.05) is 0 Å². The van der Waals surface area contributed by atoms with Crippen molar-refractivity contribution in [1.29, 1.82) is 0 Å². The number of alkyl halides is 3. The molecule has 0 fully saturated rings. The van der Waals surface area contributed by atoms with Gasteiger partial charge in [-0.15, -0.1) is 0 Å². The molecule has 0 aliphatic carbocycles. The summed E-state index contributed by atoms with van der Waals surface area (Å²) in [6, 6.07) is 0. The van der Waals surface area contributed by atoms with Crippen LogP contribution in [0.2, 0.25) is 0 Å². The maximum atomic E-state index is 10.6. The first-order valence-corrected chi connectivity index (χ1v) is 3.08. The second kappa shape index (κ2) is 5.95. The van der Waals surface area contributed by atoms with E-state index in [-0.39, 0.29) is 12.2 Å². The average Bonchev–Trinajstić information content (AvgIpc) is 1.81. The van der Waals surface area contributed by atoms with E-state index in [0.29, 0.717) is 0 Å². The van der Waals surface area contributed by atoms with E-state index in [1.807, 2.05) is 0 Å². The first kappa shape index (κ1) is 14.9. The number of carbonyl (C=O) groups is 3. The standard InChI is InChI=1S/C4H6O3.C2HF3O2/c1-3(5)2-4(6)7;3-2(4,5)1(6)7/h2H2,1H3,(H,6,7);(H,6,7). The van der Waals surface area contributed by atoms with Crippen LogP contribution in [0, 0.1) is 0 Å². The number of carboxylic acid groups (broad SMARTS) is 2. The fourth-order valence-electron chi connectivity index (χ4n) is 0.213. The molecule has 5 nitrogen and oxygen atoms in total. The molecule has 0 amide bonds. The second-order valence-electron chi connectivity index (χ2n) is 2.08. The van der Waals surface area contributed by atoms with Crippen molar-refractivity contribution in [2.24, 2.45) is 0 Å². The normalized spacial score (nSPS) is 9.71. The lowest BCUT2D eigenvalue weighted by molar-refractivity contribution is -0.192. The van der Waals surface area contributed by atoms with Crippen molar-refractivity contribution in [1.82, 2.24) is 0 Å². The fraction of sp³-hybridized carbons (Fsp3) is 0.500. The van der Waals surface area contributed by atoms with Crippen molar-refractivity contribution in [3.63, 3.8) is 0 Å². The van der Waals surface area contributed by atoms with Gasteiger partial charge in [0, 0.05) is 0 Å². The quantitative estimate of drug-likeness (QED) is 0.662. The van der Waals surface area contributed by atoms with Crippen LogP contribution in [0.15, 0.2) is 0 Å². The molecule has 0 aliphatic rings. The molecule has 0 aromatic carbocycles. The second-order valence-corrected chi connectivity index (χ2v) is 2.08. The van der Waals surface area contributed by atoms with Gasteiger partial charge >= 0.3 is 18.1 Å². The molecular formula is C6H7F3O5. The highest BCUT2D eigenvalue weighted by Crippen LogP contribution is 2.13. The molecule has 2 N–H and O–H groups in total. The van der Waals surface area contributed by atoms with Gasteiger partial charge in [-0.2, -0.15) is 13.2 Å². The fourth-order valence-corrected chi connectivity index (χ4v) is 0.213. The number of hydrogen-bond donors (Lipinski definition) is 2. The molecule has 0 bridgehead atoms. The zero-order valence-corrected chi connectivity index (χ0v) is 6.96. The zero-order chi connectivity index (χ0) is 11.9. The highest BCUT2D eigenvalue weighted by atomic mass is 19.4. The van der Waals surface area contributed by atoms with Gasteiger partial charge in [-0.3, -0.25) is 9.59 Å². The van der Waals surface area contributed by atoms with Crippen LogP contribution in [-0.4, -0.2) is 34.1 Å². The Morgan fingerprint density at radius 2 is 1.43 bits per heavy atom. The van der Waals surface area contributed by atoms with Gasteiger partial charge in [-0.05, 0) is 6.92 Å². The van der Waals surface area contributed by atoms with E-state index in [4.69, 9.17) is 15.0 Å². The maximum Gasteiger partial charge on any atom is 0.490 e. The molecule has 0 heterocycles. The van der Waals surface area contributed by atoms with E-state index < -0.39 is 18.1 Å². The number of halogens is 3. The summed E-state index contributed by atoms with van der Waals surface area (Å²) in [5.74, 6) is -4.13. The molecule has 82 valence electrons. The van der Waals surface area contributed by atoms with E-state index in [1.165, 1.54) is 6.92 Å². The lowest BCUT2D eigenvalue weighted by Crippen LogP contribution is -2.21. The molecule has 0 saturated carbocycles. The van der Waals surface area contributed by atoms with Crippen molar-refractivity contribution in [2.45, 2.75) is 19.5 Å².